The fourth-order valence-electron chi connectivity index (χ4n) is 2.11. The summed E-state index contributed by atoms with van der Waals surface area (Å²) in [6, 6.07) is 18.7. The molecule has 5 nitrogen and oxygen atoms in total. The molecule has 23 heavy (non-hydrogen) atoms. The average molecular weight is 315 g/mol. The van der Waals surface area contributed by atoms with Gasteiger partial charge in [-0.25, -0.2) is 0 Å². The van der Waals surface area contributed by atoms with Crippen LogP contribution in [0.2, 0.25) is 0 Å². The molecule has 2 rings (SSSR count). The summed E-state index contributed by atoms with van der Waals surface area (Å²) in [5.41, 5.74) is 6.89. The summed E-state index contributed by atoms with van der Waals surface area (Å²) >= 11 is 0. The molecule has 0 spiro atoms. The Balaban J connectivity index is 1.98. The predicted molar refractivity (Wildman–Crippen MR) is 86.6 cm³/mol. The zero-order valence-electron chi connectivity index (χ0n) is 12.8. The van der Waals surface area contributed by atoms with Gasteiger partial charge in [-0.3, -0.25) is 4.79 Å². The van der Waals surface area contributed by atoms with E-state index < -0.39 is 18.2 Å². The first-order chi connectivity index (χ1) is 11.2. The molecule has 5 heteroatoms. The molecule has 122 valence electrons. The van der Waals surface area contributed by atoms with Gasteiger partial charge in [0.15, 0.2) is 0 Å². The van der Waals surface area contributed by atoms with Crippen molar-refractivity contribution in [2.45, 2.75) is 12.2 Å². The molecule has 0 radical (unpaired) electrons. The zero-order chi connectivity index (χ0) is 16.5. The molecular weight excluding hydrogens is 294 g/mol. The summed E-state index contributed by atoms with van der Waals surface area (Å²) in [6.45, 7) is -0.0144. The molecule has 2 atom stereocenters. The van der Waals surface area contributed by atoms with Crippen LogP contribution in [-0.4, -0.2) is 30.8 Å². The van der Waals surface area contributed by atoms with Gasteiger partial charge in [-0.05, 0) is 11.1 Å². The number of nitrogens with two attached hydrogens (primary N) is 1. The van der Waals surface area contributed by atoms with Gasteiger partial charge in [0.25, 0.3) is 0 Å². The lowest BCUT2D eigenvalue weighted by Gasteiger charge is -2.20. The standard InChI is InChI=1S/C18H21NO4/c19-11-18(21)23-13-17(15-9-5-2-6-10-15)22-12-16(20)14-7-3-1-4-8-14/h1-10,16-17,20H,11-13,19H2. The Bertz CT molecular complexity index is 588. The largest absolute Gasteiger partial charge is 0.462 e. The number of aliphatic hydroxyl groups excluding tert-OH is 1. The number of rotatable bonds is 8. The Kier molecular flexibility index (Phi) is 6.75. The number of benzene rings is 2. The second kappa shape index (κ2) is 9.05. The summed E-state index contributed by atoms with van der Waals surface area (Å²) in [4.78, 5) is 11.3. The highest BCUT2D eigenvalue weighted by Gasteiger charge is 2.17. The zero-order valence-corrected chi connectivity index (χ0v) is 12.8. The number of carbonyl (C=O) groups is 1. The monoisotopic (exact) mass is 315 g/mol. The quantitative estimate of drug-likeness (QED) is 0.728. The Hall–Kier alpha value is -2.21. The number of hydrogen-bond donors (Lipinski definition) is 2. The van der Waals surface area contributed by atoms with Gasteiger partial charge in [0.05, 0.1) is 13.2 Å². The van der Waals surface area contributed by atoms with Crippen molar-refractivity contribution in [3.05, 3.63) is 71.8 Å². The van der Waals surface area contributed by atoms with Gasteiger partial charge in [-0.1, -0.05) is 60.7 Å². The summed E-state index contributed by atoms with van der Waals surface area (Å²) in [5, 5.41) is 10.2. The average Bonchev–Trinajstić information content (AvgIpc) is 2.62. The second-order valence-corrected chi connectivity index (χ2v) is 5.05. The van der Waals surface area contributed by atoms with Crippen molar-refractivity contribution in [3.8, 4) is 0 Å². The first-order valence-electron chi connectivity index (χ1n) is 7.46. The van der Waals surface area contributed by atoms with Crippen molar-refractivity contribution in [1.82, 2.24) is 0 Å². The summed E-state index contributed by atoms with van der Waals surface area (Å²) in [7, 11) is 0. The lowest BCUT2D eigenvalue weighted by atomic mass is 10.1. The molecule has 2 unspecified atom stereocenters. The van der Waals surface area contributed by atoms with Crippen LogP contribution in [0.1, 0.15) is 23.3 Å². The molecular formula is C18H21NO4. The Morgan fingerprint density at radius 3 is 2.09 bits per heavy atom. The maximum Gasteiger partial charge on any atom is 0.319 e. The van der Waals surface area contributed by atoms with Crippen LogP contribution >= 0.6 is 0 Å². The van der Waals surface area contributed by atoms with E-state index >= 15 is 0 Å². The van der Waals surface area contributed by atoms with Gasteiger partial charge in [0, 0.05) is 0 Å². The highest BCUT2D eigenvalue weighted by atomic mass is 16.6. The SMILES string of the molecule is NCC(=O)OCC(OCC(O)c1ccccc1)c1ccccc1. The van der Waals surface area contributed by atoms with Crippen molar-refractivity contribution < 1.29 is 19.4 Å². The van der Waals surface area contributed by atoms with E-state index in [0.717, 1.165) is 11.1 Å². The van der Waals surface area contributed by atoms with Crippen LogP contribution in [0.4, 0.5) is 0 Å². The van der Waals surface area contributed by atoms with E-state index in [-0.39, 0.29) is 19.8 Å². The first kappa shape index (κ1) is 17.1. The Morgan fingerprint density at radius 2 is 1.52 bits per heavy atom. The minimum atomic E-state index is -0.743. The number of aliphatic hydroxyl groups is 1. The van der Waals surface area contributed by atoms with Crippen LogP contribution in [0, 0.1) is 0 Å². The lowest BCUT2D eigenvalue weighted by Crippen LogP contribution is -2.22. The van der Waals surface area contributed by atoms with Gasteiger partial charge in [0.1, 0.15) is 18.8 Å². The van der Waals surface area contributed by atoms with Crippen LogP contribution in [0.25, 0.3) is 0 Å². The van der Waals surface area contributed by atoms with Gasteiger partial charge < -0.3 is 20.3 Å². The van der Waals surface area contributed by atoms with Gasteiger partial charge in [-0.2, -0.15) is 0 Å². The minimum absolute atomic E-state index is 0.0571. The van der Waals surface area contributed by atoms with E-state index in [1.54, 1.807) is 0 Å². The third-order valence-corrected chi connectivity index (χ3v) is 3.37. The van der Waals surface area contributed by atoms with Crippen molar-refractivity contribution in [1.29, 1.82) is 0 Å². The van der Waals surface area contributed by atoms with E-state index in [4.69, 9.17) is 15.2 Å². The highest BCUT2D eigenvalue weighted by molar-refractivity contribution is 5.71. The summed E-state index contributed by atoms with van der Waals surface area (Å²) in [6.07, 6.45) is -1.20. The molecule has 3 N–H and O–H groups in total. The molecule has 0 saturated heterocycles. The second-order valence-electron chi connectivity index (χ2n) is 5.05. The molecule has 2 aromatic carbocycles. The molecule has 0 fully saturated rings. The molecule has 0 amide bonds. The van der Waals surface area contributed by atoms with Gasteiger partial charge in [-0.15, -0.1) is 0 Å². The maximum atomic E-state index is 11.3. The number of esters is 1. The molecule has 0 saturated carbocycles. The van der Waals surface area contributed by atoms with Crippen molar-refractivity contribution >= 4 is 5.97 Å². The van der Waals surface area contributed by atoms with Gasteiger partial charge in [0.2, 0.25) is 0 Å². The number of carbonyl (C=O) groups excluding carboxylic acids is 1. The summed E-state index contributed by atoms with van der Waals surface area (Å²) in [5.74, 6) is -0.488. The smallest absolute Gasteiger partial charge is 0.319 e. The van der Waals surface area contributed by atoms with Crippen molar-refractivity contribution in [2.75, 3.05) is 19.8 Å². The topological polar surface area (TPSA) is 81.8 Å². The number of ether oxygens (including phenoxy) is 2. The third kappa shape index (κ3) is 5.49. The van der Waals surface area contributed by atoms with E-state index in [2.05, 4.69) is 0 Å². The third-order valence-electron chi connectivity index (χ3n) is 3.37. The lowest BCUT2D eigenvalue weighted by molar-refractivity contribution is -0.147. The van der Waals surface area contributed by atoms with Crippen LogP contribution < -0.4 is 5.73 Å². The predicted octanol–water partition coefficient (Wildman–Crippen LogP) is 1.98. The normalized spacial score (nSPS) is 13.3. The van der Waals surface area contributed by atoms with Crippen LogP contribution in [0.3, 0.4) is 0 Å². The minimum Gasteiger partial charge on any atom is -0.462 e. The van der Waals surface area contributed by atoms with E-state index in [1.165, 1.54) is 0 Å². The van der Waals surface area contributed by atoms with E-state index in [1.807, 2.05) is 60.7 Å². The summed E-state index contributed by atoms with van der Waals surface area (Å²) < 4.78 is 10.8. The molecule has 0 aliphatic heterocycles. The molecule has 0 aromatic heterocycles. The van der Waals surface area contributed by atoms with Gasteiger partial charge >= 0.3 is 5.97 Å². The Morgan fingerprint density at radius 1 is 0.957 bits per heavy atom. The fraction of sp³-hybridized carbons (Fsp3) is 0.278. The fourth-order valence-corrected chi connectivity index (χ4v) is 2.11. The highest BCUT2D eigenvalue weighted by Crippen LogP contribution is 2.21. The van der Waals surface area contributed by atoms with Crippen molar-refractivity contribution in [2.24, 2.45) is 5.73 Å². The molecule has 0 bridgehead atoms. The Labute approximate surface area is 135 Å². The van der Waals surface area contributed by atoms with Crippen LogP contribution in [0.15, 0.2) is 60.7 Å². The van der Waals surface area contributed by atoms with Crippen molar-refractivity contribution in [3.63, 3.8) is 0 Å². The molecule has 0 heterocycles. The molecule has 2 aromatic rings. The van der Waals surface area contributed by atoms with E-state index in [0.29, 0.717) is 0 Å². The van der Waals surface area contributed by atoms with Crippen LogP contribution in [0.5, 0.6) is 0 Å². The first-order valence-corrected chi connectivity index (χ1v) is 7.46. The van der Waals surface area contributed by atoms with E-state index in [9.17, 15) is 9.90 Å². The van der Waals surface area contributed by atoms with Crippen LogP contribution in [-0.2, 0) is 14.3 Å². The molecule has 0 aliphatic rings. The maximum absolute atomic E-state index is 11.3. The molecule has 0 aliphatic carbocycles. The number of hydrogen-bond acceptors (Lipinski definition) is 5.